The Balaban J connectivity index is 0.796. The van der Waals surface area contributed by atoms with Gasteiger partial charge in [-0.15, -0.1) is 0 Å². The zero-order valence-electron chi connectivity index (χ0n) is 65.4. The van der Waals surface area contributed by atoms with Crippen LogP contribution in [0.15, 0.2) is 381 Å². The predicted octanol–water partition coefficient (Wildman–Crippen LogP) is 27.6. The lowest BCUT2D eigenvalue weighted by Gasteiger charge is -2.44. The molecular formula is C110H78BN5O. The van der Waals surface area contributed by atoms with E-state index in [1.807, 2.05) is 0 Å². The Morgan fingerprint density at radius 3 is 1.05 bits per heavy atom. The third-order valence-corrected chi connectivity index (χ3v) is 26.3. The molecule has 3 aliphatic rings. The molecule has 17 aromatic carbocycles. The number of hydrogen-bond donors (Lipinski definition) is 0. The van der Waals surface area contributed by atoms with Gasteiger partial charge in [-0.1, -0.05) is 270 Å². The summed E-state index contributed by atoms with van der Waals surface area (Å²) in [4.78, 5) is 5.20. The zero-order chi connectivity index (χ0) is 77.5. The van der Waals surface area contributed by atoms with Gasteiger partial charge < -0.3 is 27.9 Å². The Kier molecular flexibility index (Phi) is 14.7. The number of rotatable bonds is 10. The minimum Gasteiger partial charge on any atom is -0.456 e. The Bertz CT molecular complexity index is 7450. The van der Waals surface area contributed by atoms with E-state index in [4.69, 9.17) is 4.42 Å². The van der Waals surface area contributed by atoms with Crippen molar-refractivity contribution in [3.63, 3.8) is 0 Å². The Morgan fingerprint density at radius 2 is 0.573 bits per heavy atom. The predicted molar refractivity (Wildman–Crippen MR) is 493 cm³/mol. The molecule has 0 radical (unpaired) electrons. The molecule has 0 amide bonds. The summed E-state index contributed by atoms with van der Waals surface area (Å²) < 4.78 is 14.6. The molecule has 7 heteroatoms. The van der Waals surface area contributed by atoms with Crippen LogP contribution in [-0.4, -0.2) is 20.4 Å². The lowest BCUT2D eigenvalue weighted by Crippen LogP contribution is -2.61. The van der Waals surface area contributed by atoms with E-state index in [1.54, 1.807) is 0 Å². The van der Waals surface area contributed by atoms with Crippen LogP contribution in [-0.2, 0) is 10.8 Å². The van der Waals surface area contributed by atoms with E-state index < -0.39 is 0 Å². The first-order valence-electron chi connectivity index (χ1n) is 41.1. The number of nitrogens with zero attached hydrogens (tertiary/aromatic N) is 5. The standard InChI is InChI=1S/C110H78BN5O/c1-109(2)57-58-110(3,4)93-63-78(39-50-92(93)109)73-37-44-79(45-38-73)112-102-64-80(113-98-53-40-74(69-23-9-5-10-24-69)59-88(98)89-60-75(41-54-99(89)113)70-25-11-6-12-26-70)47-51-94(102)111-95-52-48-81(114-100-55-42-76(71-27-13-7-14-28-71)61-90(100)91-62-77(43-56-101(91)114)72-29-15-8-16-30-72)65-103(95)115(82-46-49-87-86-33-19-22-36-106(86)117-107(87)68-82)105-67-83(66-104(112)108(105)111)116-96-34-20-17-31-84(96)85-32-18-21-35-97(85)116/h5-56,59-68H,57-58H2,1-4H3. The molecule has 117 heavy (non-hydrogen) atoms. The molecular weight excluding hydrogens is 1420 g/mol. The van der Waals surface area contributed by atoms with Crippen LogP contribution < -0.4 is 26.2 Å². The average Bonchev–Trinajstić information content (AvgIpc) is 0.999. The summed E-state index contributed by atoms with van der Waals surface area (Å²) in [7, 11) is 0. The number of benzene rings is 17. The van der Waals surface area contributed by atoms with E-state index in [2.05, 4.69) is 427 Å². The molecule has 0 N–H and O–H groups in total. The van der Waals surface area contributed by atoms with Crippen LogP contribution >= 0.6 is 0 Å². The fraction of sp³-hybridized carbons (Fsp3) is 0.0727. The normalized spacial score (nSPS) is 14.0. The van der Waals surface area contributed by atoms with Gasteiger partial charge in [-0.3, -0.25) is 0 Å². The number of hydrogen-bond acceptors (Lipinski definition) is 3. The fourth-order valence-electron chi connectivity index (χ4n) is 20.4. The first kappa shape index (κ1) is 67.1. The van der Waals surface area contributed by atoms with Crippen molar-refractivity contribution < 1.29 is 4.42 Å². The molecule has 6 nitrogen and oxygen atoms in total. The van der Waals surface area contributed by atoms with Crippen molar-refractivity contribution in [3.8, 4) is 72.7 Å². The van der Waals surface area contributed by atoms with Crippen molar-refractivity contribution in [1.29, 1.82) is 0 Å². The lowest BCUT2D eigenvalue weighted by molar-refractivity contribution is 0.332. The van der Waals surface area contributed by atoms with Crippen molar-refractivity contribution in [2.24, 2.45) is 0 Å². The third-order valence-electron chi connectivity index (χ3n) is 26.3. The highest BCUT2D eigenvalue weighted by molar-refractivity contribution is 7.00. The molecule has 4 aromatic heterocycles. The monoisotopic (exact) mass is 1500 g/mol. The van der Waals surface area contributed by atoms with Gasteiger partial charge >= 0.3 is 0 Å². The number of fused-ring (bicyclic) bond motifs is 17. The molecule has 2 aliphatic heterocycles. The van der Waals surface area contributed by atoms with Crippen LogP contribution in [0.3, 0.4) is 0 Å². The Morgan fingerprint density at radius 1 is 0.231 bits per heavy atom. The summed E-state index contributed by atoms with van der Waals surface area (Å²) in [5, 5.41) is 9.35. The summed E-state index contributed by atoms with van der Waals surface area (Å²) in [6.45, 7) is 9.45. The largest absolute Gasteiger partial charge is 0.456 e. The Hall–Kier alpha value is -14.4. The third kappa shape index (κ3) is 10.4. The molecule has 21 aromatic rings. The molecule has 0 saturated carbocycles. The van der Waals surface area contributed by atoms with Crippen molar-refractivity contribution in [2.45, 2.75) is 51.4 Å². The van der Waals surface area contributed by atoms with Crippen LogP contribution in [0.2, 0.25) is 0 Å². The summed E-state index contributed by atoms with van der Waals surface area (Å²) in [5.74, 6) is 0. The van der Waals surface area contributed by atoms with Crippen molar-refractivity contribution in [1.82, 2.24) is 13.7 Å². The van der Waals surface area contributed by atoms with Crippen LogP contribution in [0.1, 0.15) is 51.7 Å². The molecule has 0 spiro atoms. The van der Waals surface area contributed by atoms with Crippen LogP contribution in [0.4, 0.5) is 34.1 Å². The summed E-state index contributed by atoms with van der Waals surface area (Å²) >= 11 is 0. The second-order valence-electron chi connectivity index (χ2n) is 33.8. The van der Waals surface area contributed by atoms with Gasteiger partial charge in [0.25, 0.3) is 6.71 Å². The first-order valence-corrected chi connectivity index (χ1v) is 41.1. The van der Waals surface area contributed by atoms with Gasteiger partial charge in [0.05, 0.1) is 38.8 Å². The summed E-state index contributed by atoms with van der Waals surface area (Å²) in [5.41, 5.74) is 36.7. The molecule has 552 valence electrons. The van der Waals surface area contributed by atoms with Crippen molar-refractivity contribution >= 4 is 145 Å². The van der Waals surface area contributed by atoms with Gasteiger partial charge in [-0.2, -0.15) is 0 Å². The topological polar surface area (TPSA) is 34.4 Å². The Labute approximate surface area is 679 Å². The lowest BCUT2D eigenvalue weighted by atomic mass is 9.33. The van der Waals surface area contributed by atoms with E-state index in [9.17, 15) is 0 Å². The second-order valence-corrected chi connectivity index (χ2v) is 33.8. The molecule has 0 fully saturated rings. The van der Waals surface area contributed by atoms with Gasteiger partial charge in [0.2, 0.25) is 0 Å². The minimum atomic E-state index is -0.264. The minimum absolute atomic E-state index is 0.0507. The van der Waals surface area contributed by atoms with E-state index in [-0.39, 0.29) is 17.5 Å². The molecule has 24 rings (SSSR count). The van der Waals surface area contributed by atoms with Gasteiger partial charge in [-0.25, -0.2) is 0 Å². The zero-order valence-corrected chi connectivity index (χ0v) is 65.4. The molecule has 0 bridgehead atoms. The van der Waals surface area contributed by atoms with E-state index in [0.717, 1.165) is 113 Å². The summed E-state index contributed by atoms with van der Waals surface area (Å²) in [6.07, 6.45) is 2.31. The molecule has 1 aliphatic carbocycles. The number of anilines is 6. The van der Waals surface area contributed by atoms with Gasteiger partial charge in [-0.05, 0) is 234 Å². The van der Waals surface area contributed by atoms with Gasteiger partial charge in [0.1, 0.15) is 11.2 Å². The number of furan rings is 1. The maximum Gasteiger partial charge on any atom is 0.252 e. The number of aromatic nitrogens is 3. The molecule has 0 atom stereocenters. The van der Waals surface area contributed by atoms with Crippen LogP contribution in [0, 0.1) is 0 Å². The maximum absolute atomic E-state index is 6.99. The van der Waals surface area contributed by atoms with Gasteiger partial charge in [0, 0.05) is 94.7 Å². The van der Waals surface area contributed by atoms with E-state index in [1.165, 1.54) is 122 Å². The fourth-order valence-corrected chi connectivity index (χ4v) is 20.4. The van der Waals surface area contributed by atoms with Crippen molar-refractivity contribution in [2.75, 3.05) is 9.80 Å². The summed E-state index contributed by atoms with van der Waals surface area (Å²) in [6, 6.07) is 141. The SMILES string of the molecule is CC1(C)CCC(C)(C)c2cc(-c3ccc(N4c5cc(-n6c7ccc(-c8ccccc8)cc7c7cc(-c8ccccc8)ccc76)ccc5B5c6ccc(-n7c8ccc(-c9ccccc9)cc8c8cc(-c9ccccc9)ccc87)cc6N(c6ccc7c(c6)oc6ccccc67)c6cc(-n7c8ccccc8c8ccccc87)cc4c65)cc3)ccc21. The van der Waals surface area contributed by atoms with Crippen LogP contribution in [0.5, 0.6) is 0 Å². The molecule has 0 saturated heterocycles. The van der Waals surface area contributed by atoms with Crippen molar-refractivity contribution in [3.05, 3.63) is 387 Å². The quantitative estimate of drug-likeness (QED) is 0.128. The highest BCUT2D eigenvalue weighted by atomic mass is 16.3. The molecule has 6 heterocycles. The highest BCUT2D eigenvalue weighted by Crippen LogP contribution is 2.52. The molecule has 0 unspecified atom stereocenters. The average molecular weight is 1500 g/mol. The van der Waals surface area contributed by atoms with Gasteiger partial charge in [0.15, 0.2) is 0 Å². The number of para-hydroxylation sites is 3. The first-order chi connectivity index (χ1) is 57.5. The smallest absolute Gasteiger partial charge is 0.252 e. The van der Waals surface area contributed by atoms with E-state index in [0.29, 0.717) is 0 Å². The maximum atomic E-state index is 6.99. The second kappa shape index (κ2) is 25.6. The van der Waals surface area contributed by atoms with Crippen LogP contribution in [0.25, 0.3) is 160 Å². The highest BCUT2D eigenvalue weighted by Gasteiger charge is 2.45. The van der Waals surface area contributed by atoms with E-state index >= 15 is 0 Å².